The Balaban J connectivity index is 1.32. The first kappa shape index (κ1) is 17.3. The van der Waals surface area contributed by atoms with Gasteiger partial charge in [0, 0.05) is 44.8 Å². The fraction of sp³-hybridized carbons (Fsp3) is 0.714. The van der Waals surface area contributed by atoms with E-state index < -0.39 is 0 Å². The smallest absolute Gasteiger partial charge is 0.146 e. The lowest BCUT2D eigenvalue weighted by Gasteiger charge is -2.46. The van der Waals surface area contributed by atoms with Gasteiger partial charge < -0.3 is 4.90 Å². The molecule has 1 aromatic carbocycles. The SMILES string of the molecule is Fc1ccccc1N1CCN([C@@H]2CCCN(C3CCCCC3)C2)CC1. The summed E-state index contributed by atoms with van der Waals surface area (Å²) in [6.07, 6.45) is 9.78. The first-order valence-corrected chi connectivity index (χ1v) is 10.3. The average molecular weight is 346 g/mol. The van der Waals surface area contributed by atoms with Crippen LogP contribution in [-0.2, 0) is 0 Å². The summed E-state index contributed by atoms with van der Waals surface area (Å²) in [5, 5.41) is 0. The zero-order valence-corrected chi connectivity index (χ0v) is 15.4. The zero-order chi connectivity index (χ0) is 17.1. The molecule has 2 heterocycles. The number of hydrogen-bond acceptors (Lipinski definition) is 3. The minimum absolute atomic E-state index is 0.0860. The number of likely N-dealkylation sites (tertiary alicyclic amines) is 1. The fourth-order valence-corrected chi connectivity index (χ4v) is 5.10. The third-order valence-corrected chi connectivity index (χ3v) is 6.54. The molecule has 0 spiro atoms. The standard InChI is InChI=1S/C21H32FN3/c22-20-10-4-5-11-21(20)24-15-13-23(14-16-24)19-9-6-12-25(17-19)18-7-2-1-3-8-18/h4-5,10-11,18-19H,1-3,6-9,12-17H2/t19-/m1/s1. The van der Waals surface area contributed by atoms with Gasteiger partial charge in [-0.15, -0.1) is 0 Å². The lowest BCUT2D eigenvalue weighted by Crippen LogP contribution is -2.56. The number of para-hydroxylation sites is 1. The summed E-state index contributed by atoms with van der Waals surface area (Å²) >= 11 is 0. The van der Waals surface area contributed by atoms with Gasteiger partial charge in [0.2, 0.25) is 0 Å². The van der Waals surface area contributed by atoms with E-state index in [1.54, 1.807) is 12.1 Å². The first-order valence-electron chi connectivity index (χ1n) is 10.3. The predicted octanol–water partition coefficient (Wildman–Crippen LogP) is 3.74. The maximum atomic E-state index is 14.0. The number of rotatable bonds is 3. The van der Waals surface area contributed by atoms with Gasteiger partial charge in [-0.05, 0) is 44.4 Å². The quantitative estimate of drug-likeness (QED) is 0.826. The molecule has 3 nitrogen and oxygen atoms in total. The molecule has 0 radical (unpaired) electrons. The van der Waals surface area contributed by atoms with Crippen molar-refractivity contribution >= 4 is 5.69 Å². The molecule has 138 valence electrons. The van der Waals surface area contributed by atoms with Crippen LogP contribution in [0.15, 0.2) is 24.3 Å². The molecule has 1 aromatic rings. The van der Waals surface area contributed by atoms with Gasteiger partial charge in [0.15, 0.2) is 0 Å². The third kappa shape index (κ3) is 4.01. The molecule has 0 unspecified atom stereocenters. The molecular weight excluding hydrogens is 313 g/mol. The van der Waals surface area contributed by atoms with Crippen molar-refractivity contribution in [3.05, 3.63) is 30.1 Å². The fourth-order valence-electron chi connectivity index (χ4n) is 5.10. The molecule has 0 N–H and O–H groups in total. The van der Waals surface area contributed by atoms with Gasteiger partial charge in [-0.25, -0.2) is 4.39 Å². The summed E-state index contributed by atoms with van der Waals surface area (Å²) in [5.41, 5.74) is 0.773. The molecule has 3 aliphatic rings. The molecule has 1 atom stereocenters. The van der Waals surface area contributed by atoms with E-state index in [0.29, 0.717) is 6.04 Å². The first-order chi connectivity index (χ1) is 12.3. The molecule has 2 aliphatic heterocycles. The molecule has 4 rings (SSSR count). The summed E-state index contributed by atoms with van der Waals surface area (Å²) in [6.45, 7) is 6.58. The van der Waals surface area contributed by atoms with Crippen LogP contribution in [0.3, 0.4) is 0 Å². The van der Waals surface area contributed by atoms with Crippen molar-refractivity contribution in [3.63, 3.8) is 0 Å². The number of piperazine rings is 1. The minimum atomic E-state index is -0.0860. The largest absolute Gasteiger partial charge is 0.367 e. The van der Waals surface area contributed by atoms with Gasteiger partial charge in [0.25, 0.3) is 0 Å². The maximum absolute atomic E-state index is 14.0. The highest BCUT2D eigenvalue weighted by Gasteiger charge is 2.31. The Labute approximate surface area is 151 Å². The molecule has 2 saturated heterocycles. The summed E-state index contributed by atoms with van der Waals surface area (Å²) in [4.78, 5) is 7.68. The van der Waals surface area contributed by atoms with Crippen LogP contribution in [0.2, 0.25) is 0 Å². The van der Waals surface area contributed by atoms with E-state index in [0.717, 1.165) is 37.9 Å². The van der Waals surface area contributed by atoms with Crippen LogP contribution < -0.4 is 4.90 Å². The Morgan fingerprint density at radius 3 is 2.20 bits per heavy atom. The second-order valence-corrected chi connectivity index (χ2v) is 8.06. The molecule has 4 heteroatoms. The number of anilines is 1. The maximum Gasteiger partial charge on any atom is 0.146 e. The molecule has 1 saturated carbocycles. The number of halogens is 1. The zero-order valence-electron chi connectivity index (χ0n) is 15.4. The Morgan fingerprint density at radius 1 is 0.720 bits per heavy atom. The summed E-state index contributed by atoms with van der Waals surface area (Å²) < 4.78 is 14.0. The van der Waals surface area contributed by atoms with Crippen LogP contribution in [0.25, 0.3) is 0 Å². The van der Waals surface area contributed by atoms with E-state index >= 15 is 0 Å². The molecule has 0 aromatic heterocycles. The van der Waals surface area contributed by atoms with Crippen molar-refractivity contribution < 1.29 is 4.39 Å². The summed E-state index contributed by atoms with van der Waals surface area (Å²) in [6, 6.07) is 8.75. The van der Waals surface area contributed by atoms with Crippen LogP contribution in [0, 0.1) is 5.82 Å². The van der Waals surface area contributed by atoms with Crippen LogP contribution >= 0.6 is 0 Å². The number of hydrogen-bond donors (Lipinski definition) is 0. The Hall–Kier alpha value is -1.13. The van der Waals surface area contributed by atoms with Crippen molar-refractivity contribution in [2.45, 2.75) is 57.0 Å². The molecule has 25 heavy (non-hydrogen) atoms. The lowest BCUT2D eigenvalue weighted by molar-refractivity contribution is 0.0553. The monoisotopic (exact) mass is 345 g/mol. The Bertz CT molecular complexity index is 550. The second kappa shape index (κ2) is 8.05. The van der Waals surface area contributed by atoms with Gasteiger partial charge in [-0.2, -0.15) is 0 Å². The van der Waals surface area contributed by atoms with E-state index in [1.807, 2.05) is 12.1 Å². The minimum Gasteiger partial charge on any atom is -0.367 e. The second-order valence-electron chi connectivity index (χ2n) is 8.06. The Kier molecular flexibility index (Phi) is 5.57. The van der Waals surface area contributed by atoms with Crippen LogP contribution in [-0.4, -0.2) is 61.2 Å². The van der Waals surface area contributed by atoms with Gasteiger partial charge >= 0.3 is 0 Å². The Morgan fingerprint density at radius 2 is 1.44 bits per heavy atom. The van der Waals surface area contributed by atoms with E-state index in [4.69, 9.17) is 0 Å². The van der Waals surface area contributed by atoms with Gasteiger partial charge in [-0.1, -0.05) is 31.4 Å². The highest BCUT2D eigenvalue weighted by atomic mass is 19.1. The van der Waals surface area contributed by atoms with Crippen LogP contribution in [0.5, 0.6) is 0 Å². The van der Waals surface area contributed by atoms with Crippen molar-refractivity contribution in [3.8, 4) is 0 Å². The van der Waals surface area contributed by atoms with Crippen molar-refractivity contribution in [1.82, 2.24) is 9.80 Å². The van der Waals surface area contributed by atoms with Crippen molar-refractivity contribution in [2.75, 3.05) is 44.2 Å². The van der Waals surface area contributed by atoms with E-state index in [2.05, 4.69) is 14.7 Å². The molecule has 3 fully saturated rings. The molecule has 0 bridgehead atoms. The summed E-state index contributed by atoms with van der Waals surface area (Å²) in [7, 11) is 0. The van der Waals surface area contributed by atoms with Crippen molar-refractivity contribution in [2.24, 2.45) is 0 Å². The lowest BCUT2D eigenvalue weighted by atomic mass is 9.91. The van der Waals surface area contributed by atoms with E-state index in [-0.39, 0.29) is 5.82 Å². The van der Waals surface area contributed by atoms with Gasteiger partial charge in [-0.3, -0.25) is 9.80 Å². The molecule has 0 amide bonds. The predicted molar refractivity (Wildman–Crippen MR) is 102 cm³/mol. The van der Waals surface area contributed by atoms with E-state index in [1.165, 1.54) is 58.0 Å². The number of nitrogens with zero attached hydrogens (tertiary/aromatic N) is 3. The normalized spacial score (nSPS) is 27.6. The van der Waals surface area contributed by atoms with Crippen molar-refractivity contribution in [1.29, 1.82) is 0 Å². The number of benzene rings is 1. The molecule has 1 aliphatic carbocycles. The van der Waals surface area contributed by atoms with Gasteiger partial charge in [0.05, 0.1) is 5.69 Å². The van der Waals surface area contributed by atoms with Crippen LogP contribution in [0.4, 0.5) is 10.1 Å². The number of piperidine rings is 1. The van der Waals surface area contributed by atoms with Crippen LogP contribution in [0.1, 0.15) is 44.9 Å². The highest BCUT2D eigenvalue weighted by Crippen LogP contribution is 2.28. The average Bonchev–Trinajstić information content (AvgIpc) is 2.69. The van der Waals surface area contributed by atoms with Gasteiger partial charge in [0.1, 0.15) is 5.82 Å². The molecular formula is C21H32FN3. The summed E-state index contributed by atoms with van der Waals surface area (Å²) in [5.74, 6) is -0.0860. The highest BCUT2D eigenvalue weighted by molar-refractivity contribution is 5.48. The topological polar surface area (TPSA) is 9.72 Å². The third-order valence-electron chi connectivity index (χ3n) is 6.54. The van der Waals surface area contributed by atoms with E-state index in [9.17, 15) is 4.39 Å².